The number of hydrogen-bond donors (Lipinski definition) is 0. The summed E-state index contributed by atoms with van der Waals surface area (Å²) in [6.07, 6.45) is 0. The highest BCUT2D eigenvalue weighted by Gasteiger charge is 2.34. The average Bonchev–Trinajstić information content (AvgIpc) is 3.05. The topological polar surface area (TPSA) is 56.2 Å². The van der Waals surface area contributed by atoms with E-state index in [1.165, 1.54) is 4.31 Å². The molecule has 23 heavy (non-hydrogen) atoms. The maximum atomic E-state index is 13.0. The molecule has 0 bridgehead atoms. The summed E-state index contributed by atoms with van der Waals surface area (Å²) in [4.78, 5) is 9.29. The molecule has 1 saturated heterocycles. The van der Waals surface area contributed by atoms with Crippen molar-refractivity contribution in [2.75, 3.05) is 45.8 Å². The second-order valence-corrected chi connectivity index (χ2v) is 7.86. The van der Waals surface area contributed by atoms with Gasteiger partial charge in [-0.3, -0.25) is 4.99 Å². The van der Waals surface area contributed by atoms with Crippen LogP contribution < -0.4 is 0 Å². The van der Waals surface area contributed by atoms with Crippen molar-refractivity contribution < 1.29 is 8.42 Å². The number of sulfonamides is 1. The third-order valence-electron chi connectivity index (χ3n) is 4.46. The Morgan fingerprint density at radius 1 is 1.13 bits per heavy atom. The van der Waals surface area contributed by atoms with Crippen molar-refractivity contribution in [2.24, 2.45) is 4.99 Å². The van der Waals surface area contributed by atoms with Crippen LogP contribution in [0.25, 0.3) is 0 Å². The summed E-state index contributed by atoms with van der Waals surface area (Å²) < 4.78 is 27.4. The summed E-state index contributed by atoms with van der Waals surface area (Å²) in [7, 11) is -3.53. The van der Waals surface area contributed by atoms with Gasteiger partial charge in [0.05, 0.1) is 18.0 Å². The highest BCUT2D eigenvalue weighted by atomic mass is 32.2. The zero-order chi connectivity index (χ0) is 16.4. The molecular formula is C16H24N4O2S. The van der Waals surface area contributed by atoms with Gasteiger partial charge in [-0.15, -0.1) is 0 Å². The van der Waals surface area contributed by atoms with E-state index in [-0.39, 0.29) is 0 Å². The van der Waals surface area contributed by atoms with E-state index in [1.54, 1.807) is 18.2 Å². The Bertz CT molecular complexity index is 694. The van der Waals surface area contributed by atoms with Crippen molar-refractivity contribution in [1.82, 2.24) is 14.1 Å². The lowest BCUT2D eigenvalue weighted by Gasteiger charge is -2.37. The predicted octanol–water partition coefficient (Wildman–Crippen LogP) is 0.993. The maximum absolute atomic E-state index is 13.0. The normalized spacial score (nSPS) is 20.0. The van der Waals surface area contributed by atoms with Crippen molar-refractivity contribution >= 4 is 16.0 Å². The number of nitrogens with zero attached hydrogens (tertiary/aromatic N) is 4. The summed E-state index contributed by atoms with van der Waals surface area (Å²) in [5.41, 5.74) is 0.945. The molecule has 3 rings (SSSR count). The Hall–Kier alpha value is -1.60. The Balaban J connectivity index is 1.81. The van der Waals surface area contributed by atoms with E-state index < -0.39 is 10.0 Å². The Kier molecular flexibility index (Phi) is 4.59. The van der Waals surface area contributed by atoms with E-state index in [1.807, 2.05) is 13.0 Å². The Labute approximate surface area is 138 Å². The van der Waals surface area contributed by atoms with E-state index >= 15 is 0 Å². The SMILES string of the molecule is CCN1CCN(C2=NCCN2S(=O)(=O)c2cccc(C)c2)CC1. The number of rotatable bonds is 3. The number of piperazine rings is 1. The average molecular weight is 336 g/mol. The molecule has 2 aliphatic rings. The number of guanidine groups is 1. The van der Waals surface area contributed by atoms with Crippen molar-refractivity contribution in [3.05, 3.63) is 29.8 Å². The number of aliphatic imine (C=N–C) groups is 1. The molecule has 0 saturated carbocycles. The third-order valence-corrected chi connectivity index (χ3v) is 6.24. The van der Waals surface area contributed by atoms with Gasteiger partial charge in [0.25, 0.3) is 10.0 Å². The monoisotopic (exact) mass is 336 g/mol. The molecule has 126 valence electrons. The molecule has 0 radical (unpaired) electrons. The lowest BCUT2D eigenvalue weighted by Crippen LogP contribution is -2.53. The third kappa shape index (κ3) is 3.21. The van der Waals surface area contributed by atoms with Gasteiger partial charge in [-0.05, 0) is 31.2 Å². The van der Waals surface area contributed by atoms with Crippen LogP contribution in [0.15, 0.2) is 34.2 Å². The molecule has 0 amide bonds. The quantitative estimate of drug-likeness (QED) is 0.826. The molecule has 1 fully saturated rings. The van der Waals surface area contributed by atoms with Crippen LogP contribution in [0.2, 0.25) is 0 Å². The van der Waals surface area contributed by atoms with Gasteiger partial charge < -0.3 is 9.80 Å². The Morgan fingerprint density at radius 3 is 2.52 bits per heavy atom. The molecule has 0 atom stereocenters. The van der Waals surface area contributed by atoms with Gasteiger partial charge in [-0.1, -0.05) is 19.1 Å². The van der Waals surface area contributed by atoms with E-state index in [0.717, 1.165) is 38.3 Å². The van der Waals surface area contributed by atoms with Crippen LogP contribution in [0.1, 0.15) is 12.5 Å². The Morgan fingerprint density at radius 2 is 1.87 bits per heavy atom. The number of likely N-dealkylation sites (N-methyl/N-ethyl adjacent to an activating group) is 1. The number of benzene rings is 1. The molecule has 1 aromatic carbocycles. The molecule has 0 unspecified atom stereocenters. The zero-order valence-electron chi connectivity index (χ0n) is 13.8. The van der Waals surface area contributed by atoms with E-state index in [2.05, 4.69) is 21.7 Å². The standard InChI is InChI=1S/C16H24N4O2S/c1-3-18-9-11-19(12-10-18)16-17-7-8-20(16)23(21,22)15-6-4-5-14(2)13-15/h4-6,13H,3,7-12H2,1-2H3. The van der Waals surface area contributed by atoms with Crippen molar-refractivity contribution in [3.63, 3.8) is 0 Å². The fraction of sp³-hybridized carbons (Fsp3) is 0.562. The van der Waals surface area contributed by atoms with Crippen molar-refractivity contribution in [3.8, 4) is 0 Å². The summed E-state index contributed by atoms with van der Waals surface area (Å²) >= 11 is 0. The highest BCUT2D eigenvalue weighted by molar-refractivity contribution is 7.89. The van der Waals surface area contributed by atoms with E-state index in [9.17, 15) is 8.42 Å². The van der Waals surface area contributed by atoms with Crippen LogP contribution >= 0.6 is 0 Å². The fourth-order valence-corrected chi connectivity index (χ4v) is 4.62. The van der Waals surface area contributed by atoms with Crippen LogP contribution in [-0.2, 0) is 10.0 Å². The van der Waals surface area contributed by atoms with Crippen LogP contribution in [0.4, 0.5) is 0 Å². The molecular weight excluding hydrogens is 312 g/mol. The summed E-state index contributed by atoms with van der Waals surface area (Å²) in [5, 5.41) is 0. The minimum Gasteiger partial charge on any atom is -0.339 e. The first kappa shape index (κ1) is 16.3. The van der Waals surface area contributed by atoms with Gasteiger partial charge in [-0.25, -0.2) is 12.7 Å². The van der Waals surface area contributed by atoms with E-state index in [0.29, 0.717) is 23.9 Å². The van der Waals surface area contributed by atoms with Crippen LogP contribution in [0.3, 0.4) is 0 Å². The molecule has 0 N–H and O–H groups in total. The van der Waals surface area contributed by atoms with Gasteiger partial charge in [0.2, 0.25) is 5.96 Å². The number of aryl methyl sites for hydroxylation is 1. The van der Waals surface area contributed by atoms with Crippen molar-refractivity contribution in [1.29, 1.82) is 0 Å². The first-order valence-electron chi connectivity index (χ1n) is 8.13. The van der Waals surface area contributed by atoms with E-state index in [4.69, 9.17) is 0 Å². The second kappa shape index (κ2) is 6.49. The lowest BCUT2D eigenvalue weighted by atomic mass is 10.2. The van der Waals surface area contributed by atoms with Gasteiger partial charge in [0, 0.05) is 26.2 Å². The lowest BCUT2D eigenvalue weighted by molar-refractivity contribution is 0.184. The predicted molar refractivity (Wildman–Crippen MR) is 91.1 cm³/mol. The van der Waals surface area contributed by atoms with Crippen LogP contribution in [-0.4, -0.2) is 74.3 Å². The van der Waals surface area contributed by atoms with Gasteiger partial charge in [-0.2, -0.15) is 0 Å². The summed E-state index contributed by atoms with van der Waals surface area (Å²) in [6.45, 7) is 9.61. The van der Waals surface area contributed by atoms with Crippen LogP contribution in [0, 0.1) is 6.92 Å². The minimum absolute atomic E-state index is 0.347. The maximum Gasteiger partial charge on any atom is 0.266 e. The van der Waals surface area contributed by atoms with Gasteiger partial charge >= 0.3 is 0 Å². The molecule has 1 aromatic rings. The molecule has 6 nitrogen and oxygen atoms in total. The molecule has 2 heterocycles. The largest absolute Gasteiger partial charge is 0.339 e. The van der Waals surface area contributed by atoms with Crippen molar-refractivity contribution in [2.45, 2.75) is 18.7 Å². The first-order chi connectivity index (χ1) is 11.0. The van der Waals surface area contributed by atoms with Gasteiger partial charge in [0.15, 0.2) is 0 Å². The zero-order valence-corrected chi connectivity index (χ0v) is 14.6. The molecule has 7 heteroatoms. The first-order valence-corrected chi connectivity index (χ1v) is 9.57. The minimum atomic E-state index is -3.53. The molecule has 0 aliphatic carbocycles. The fourth-order valence-electron chi connectivity index (χ4n) is 3.07. The van der Waals surface area contributed by atoms with Gasteiger partial charge in [0.1, 0.15) is 0 Å². The summed E-state index contributed by atoms with van der Waals surface area (Å²) in [6, 6.07) is 7.07. The molecule has 0 aromatic heterocycles. The molecule has 0 spiro atoms. The highest BCUT2D eigenvalue weighted by Crippen LogP contribution is 2.21. The molecule has 2 aliphatic heterocycles. The second-order valence-electron chi connectivity index (χ2n) is 6.00. The van der Waals surface area contributed by atoms with Crippen LogP contribution in [0.5, 0.6) is 0 Å². The smallest absolute Gasteiger partial charge is 0.266 e. The number of hydrogen-bond acceptors (Lipinski definition) is 5. The summed E-state index contributed by atoms with van der Waals surface area (Å²) in [5.74, 6) is 0.613.